The van der Waals surface area contributed by atoms with Gasteiger partial charge in [-0.15, -0.1) is 0 Å². The van der Waals surface area contributed by atoms with E-state index in [2.05, 4.69) is 23.5 Å². The minimum absolute atomic E-state index is 0.803. The molecule has 0 amide bonds. The summed E-state index contributed by atoms with van der Waals surface area (Å²) in [5.41, 5.74) is 4.93. The molecular formula is C13H17N. The number of hydrogen-bond donors (Lipinski definition) is 1. The summed E-state index contributed by atoms with van der Waals surface area (Å²) in [6, 6.07) is 6.89. The number of benzene rings is 1. The number of hydrogen-bond acceptors (Lipinski definition) is 1. The van der Waals surface area contributed by atoms with Gasteiger partial charge in [-0.25, -0.2) is 0 Å². The van der Waals surface area contributed by atoms with Gasteiger partial charge < -0.3 is 5.32 Å². The van der Waals surface area contributed by atoms with Gasteiger partial charge in [-0.3, -0.25) is 0 Å². The molecule has 0 saturated heterocycles. The van der Waals surface area contributed by atoms with E-state index >= 15 is 0 Å². The van der Waals surface area contributed by atoms with Gasteiger partial charge in [-0.2, -0.15) is 0 Å². The highest BCUT2D eigenvalue weighted by Gasteiger charge is 2.24. The Hall–Kier alpha value is -0.820. The molecule has 1 heterocycles. The zero-order chi connectivity index (χ0) is 9.38. The lowest BCUT2D eigenvalue weighted by molar-refractivity contribution is 0.525. The van der Waals surface area contributed by atoms with Gasteiger partial charge in [0.25, 0.3) is 0 Å². The van der Waals surface area contributed by atoms with Crippen molar-refractivity contribution >= 4 is 0 Å². The molecule has 0 aromatic heterocycles. The van der Waals surface area contributed by atoms with Crippen molar-refractivity contribution in [3.05, 3.63) is 34.9 Å². The van der Waals surface area contributed by atoms with Crippen molar-refractivity contribution in [3.63, 3.8) is 0 Å². The van der Waals surface area contributed by atoms with Crippen molar-refractivity contribution in [3.8, 4) is 0 Å². The molecule has 1 atom stereocenters. The standard InChI is InChI=1S/C13H17N/c1-3-10-4-2-6-12-9-14-8-7-11(5-1)13(10)12/h1,3,5,12,14H,2,4,6-9H2/t12-/m0/s1. The second-order valence-electron chi connectivity index (χ2n) is 4.53. The van der Waals surface area contributed by atoms with E-state index in [0.717, 1.165) is 12.5 Å². The first-order valence-corrected chi connectivity index (χ1v) is 5.76. The van der Waals surface area contributed by atoms with Gasteiger partial charge in [0.15, 0.2) is 0 Å². The van der Waals surface area contributed by atoms with E-state index in [4.69, 9.17) is 0 Å². The summed E-state index contributed by atoms with van der Waals surface area (Å²) in [5, 5.41) is 3.56. The maximum atomic E-state index is 3.56. The van der Waals surface area contributed by atoms with Crippen LogP contribution in [-0.2, 0) is 12.8 Å². The van der Waals surface area contributed by atoms with E-state index in [9.17, 15) is 0 Å². The predicted molar refractivity (Wildman–Crippen MR) is 58.7 cm³/mol. The number of nitrogens with one attached hydrogen (secondary N) is 1. The fraction of sp³-hybridized carbons (Fsp3) is 0.538. The molecule has 14 heavy (non-hydrogen) atoms. The van der Waals surface area contributed by atoms with Gasteiger partial charge in [-0.1, -0.05) is 18.2 Å². The Morgan fingerprint density at radius 3 is 2.93 bits per heavy atom. The third-order valence-electron chi connectivity index (χ3n) is 3.66. The van der Waals surface area contributed by atoms with Crippen LogP contribution in [-0.4, -0.2) is 13.1 Å². The molecule has 1 aromatic rings. The first kappa shape index (κ1) is 8.49. The summed E-state index contributed by atoms with van der Waals surface area (Å²) >= 11 is 0. The van der Waals surface area contributed by atoms with Crippen LogP contribution in [0.25, 0.3) is 0 Å². The van der Waals surface area contributed by atoms with Crippen molar-refractivity contribution < 1.29 is 0 Å². The van der Waals surface area contributed by atoms with Crippen LogP contribution in [0.15, 0.2) is 18.2 Å². The van der Waals surface area contributed by atoms with Crippen molar-refractivity contribution in [1.82, 2.24) is 5.32 Å². The Morgan fingerprint density at radius 2 is 2.00 bits per heavy atom. The SMILES string of the molecule is c1cc2c3c(c1)CCNC[C@@H]3CCC2. The summed E-state index contributed by atoms with van der Waals surface area (Å²) < 4.78 is 0. The molecule has 1 N–H and O–H groups in total. The first-order valence-electron chi connectivity index (χ1n) is 5.76. The van der Waals surface area contributed by atoms with Gasteiger partial charge in [0.05, 0.1) is 0 Å². The van der Waals surface area contributed by atoms with Crippen LogP contribution in [0, 0.1) is 0 Å². The highest BCUT2D eigenvalue weighted by Crippen LogP contribution is 2.34. The molecule has 0 spiro atoms. The number of rotatable bonds is 0. The van der Waals surface area contributed by atoms with Gasteiger partial charge in [0, 0.05) is 6.54 Å². The Morgan fingerprint density at radius 1 is 1.14 bits per heavy atom. The molecule has 1 aliphatic heterocycles. The first-order chi connectivity index (χ1) is 6.95. The smallest absolute Gasteiger partial charge is 0.00204 e. The largest absolute Gasteiger partial charge is 0.316 e. The van der Waals surface area contributed by atoms with E-state index in [1.165, 1.54) is 32.2 Å². The molecule has 3 rings (SSSR count). The van der Waals surface area contributed by atoms with Crippen LogP contribution in [0.4, 0.5) is 0 Å². The fourth-order valence-electron chi connectivity index (χ4n) is 3.01. The topological polar surface area (TPSA) is 12.0 Å². The molecule has 0 unspecified atom stereocenters. The van der Waals surface area contributed by atoms with Crippen LogP contribution in [0.5, 0.6) is 0 Å². The Bertz CT molecular complexity index is 343. The predicted octanol–water partition coefficient (Wildman–Crippen LogP) is 2.25. The van der Waals surface area contributed by atoms with Crippen LogP contribution in [0.3, 0.4) is 0 Å². The molecule has 0 fully saturated rings. The van der Waals surface area contributed by atoms with Crippen LogP contribution >= 0.6 is 0 Å². The van der Waals surface area contributed by atoms with E-state index in [1.54, 1.807) is 16.7 Å². The molecule has 1 heteroatoms. The van der Waals surface area contributed by atoms with Gasteiger partial charge >= 0.3 is 0 Å². The highest BCUT2D eigenvalue weighted by atomic mass is 14.9. The molecule has 74 valence electrons. The quantitative estimate of drug-likeness (QED) is 0.657. The minimum Gasteiger partial charge on any atom is -0.316 e. The van der Waals surface area contributed by atoms with Crippen molar-refractivity contribution in [2.75, 3.05) is 13.1 Å². The Kier molecular flexibility index (Phi) is 2.06. The van der Waals surface area contributed by atoms with E-state index in [-0.39, 0.29) is 0 Å². The Balaban J connectivity index is 2.14. The second kappa shape index (κ2) is 3.39. The lowest BCUT2D eigenvalue weighted by atomic mass is 9.80. The van der Waals surface area contributed by atoms with Gasteiger partial charge in [-0.05, 0) is 54.8 Å². The zero-order valence-corrected chi connectivity index (χ0v) is 8.55. The monoisotopic (exact) mass is 187 g/mol. The fourth-order valence-corrected chi connectivity index (χ4v) is 3.01. The molecule has 0 radical (unpaired) electrons. The molecule has 0 saturated carbocycles. The summed E-state index contributed by atoms with van der Waals surface area (Å²) in [7, 11) is 0. The van der Waals surface area contributed by atoms with Crippen molar-refractivity contribution in [2.45, 2.75) is 31.6 Å². The lowest BCUT2D eigenvalue weighted by Gasteiger charge is -2.25. The van der Waals surface area contributed by atoms with Crippen molar-refractivity contribution in [1.29, 1.82) is 0 Å². The highest BCUT2D eigenvalue weighted by molar-refractivity contribution is 5.41. The maximum absolute atomic E-state index is 3.56. The van der Waals surface area contributed by atoms with Crippen LogP contribution < -0.4 is 5.32 Å². The molecule has 1 aromatic carbocycles. The summed E-state index contributed by atoms with van der Waals surface area (Å²) in [6.07, 6.45) is 5.29. The van der Waals surface area contributed by atoms with Crippen molar-refractivity contribution in [2.24, 2.45) is 0 Å². The normalized spacial score (nSPS) is 25.3. The minimum atomic E-state index is 0.803. The molecule has 1 nitrogen and oxygen atoms in total. The summed E-state index contributed by atoms with van der Waals surface area (Å²) in [4.78, 5) is 0. The molecular weight excluding hydrogens is 170 g/mol. The summed E-state index contributed by atoms with van der Waals surface area (Å²) in [6.45, 7) is 2.36. The molecule has 2 aliphatic rings. The molecule has 1 aliphatic carbocycles. The average molecular weight is 187 g/mol. The van der Waals surface area contributed by atoms with Gasteiger partial charge in [0.1, 0.15) is 0 Å². The maximum Gasteiger partial charge on any atom is 0.00204 e. The summed E-state index contributed by atoms with van der Waals surface area (Å²) in [5.74, 6) is 0.803. The number of aryl methyl sites for hydroxylation is 1. The zero-order valence-electron chi connectivity index (χ0n) is 8.55. The Labute approximate surface area is 85.5 Å². The van der Waals surface area contributed by atoms with Crippen LogP contribution in [0.2, 0.25) is 0 Å². The third kappa shape index (κ3) is 1.27. The molecule has 0 bridgehead atoms. The third-order valence-corrected chi connectivity index (χ3v) is 3.66. The van der Waals surface area contributed by atoms with Crippen LogP contribution in [0.1, 0.15) is 35.4 Å². The van der Waals surface area contributed by atoms with E-state index in [1.807, 2.05) is 0 Å². The van der Waals surface area contributed by atoms with E-state index in [0.29, 0.717) is 0 Å². The average Bonchev–Trinajstić information content (AvgIpc) is 2.44. The van der Waals surface area contributed by atoms with E-state index < -0.39 is 0 Å². The van der Waals surface area contributed by atoms with Gasteiger partial charge in [0.2, 0.25) is 0 Å². The lowest BCUT2D eigenvalue weighted by Crippen LogP contribution is -2.22. The second-order valence-corrected chi connectivity index (χ2v) is 4.53.